The first-order chi connectivity index (χ1) is 16.5. The lowest BCUT2D eigenvalue weighted by atomic mass is 9.77. The molecule has 4 rings (SSSR count). The van der Waals surface area contributed by atoms with Crippen LogP contribution in [0.1, 0.15) is 154 Å². The van der Waals surface area contributed by atoms with Crippen LogP contribution in [0.2, 0.25) is 0 Å². The molecule has 0 radical (unpaired) electrons. The summed E-state index contributed by atoms with van der Waals surface area (Å²) in [4.78, 5) is 0. The summed E-state index contributed by atoms with van der Waals surface area (Å²) < 4.78 is 0.544. The Hall–Kier alpha value is -0.690. The summed E-state index contributed by atoms with van der Waals surface area (Å²) >= 11 is 2.22. The van der Waals surface area contributed by atoms with Crippen LogP contribution in [-0.4, -0.2) is 4.75 Å². The third-order valence-electron chi connectivity index (χ3n) is 9.13. The highest BCUT2D eigenvalue weighted by molar-refractivity contribution is 8.04. The molecule has 6 unspecified atom stereocenters. The maximum atomic E-state index is 2.59. The van der Waals surface area contributed by atoms with Crippen molar-refractivity contribution in [2.24, 2.45) is 17.8 Å². The Morgan fingerprint density at radius 3 is 2.29 bits per heavy atom. The molecule has 0 aromatic heterocycles. The van der Waals surface area contributed by atoms with E-state index in [2.05, 4.69) is 70.0 Å². The van der Waals surface area contributed by atoms with Gasteiger partial charge in [0, 0.05) is 10.7 Å². The van der Waals surface area contributed by atoms with Gasteiger partial charge in [0.25, 0.3) is 0 Å². The Bertz CT molecular complexity index is 792. The fraction of sp³-hybridized carbons (Fsp3) is 0.758. The second kappa shape index (κ2) is 13.0. The average Bonchev–Trinajstić information content (AvgIpc) is 3.47. The maximum Gasteiger partial charge on any atom is 0.0305 e. The highest BCUT2D eigenvalue weighted by Crippen LogP contribution is 2.70. The summed E-state index contributed by atoms with van der Waals surface area (Å²) in [6, 6.07) is 7.52. The van der Waals surface area contributed by atoms with Crippen molar-refractivity contribution in [2.45, 2.75) is 142 Å². The zero-order chi connectivity index (χ0) is 24.7. The van der Waals surface area contributed by atoms with Crippen LogP contribution in [0.5, 0.6) is 0 Å². The molecule has 192 valence electrons. The number of hydrogen-bond donors (Lipinski definition) is 0. The van der Waals surface area contributed by atoms with Crippen molar-refractivity contribution in [3.63, 3.8) is 0 Å². The molecular formula is C33H54S. The molecule has 34 heavy (non-hydrogen) atoms. The third kappa shape index (κ3) is 6.16. The molecule has 3 aliphatic rings. The lowest BCUT2D eigenvalue weighted by Gasteiger charge is -2.28. The fourth-order valence-electron chi connectivity index (χ4n) is 6.81. The molecule has 0 saturated heterocycles. The number of benzene rings is 1. The number of rotatable bonds is 12. The van der Waals surface area contributed by atoms with Crippen LogP contribution in [-0.2, 0) is 0 Å². The zero-order valence-corrected chi connectivity index (χ0v) is 24.4. The van der Waals surface area contributed by atoms with E-state index in [1.54, 1.807) is 22.3 Å². The van der Waals surface area contributed by atoms with Gasteiger partial charge in [0.1, 0.15) is 0 Å². The van der Waals surface area contributed by atoms with Crippen LogP contribution in [0, 0.1) is 17.8 Å². The van der Waals surface area contributed by atoms with Crippen LogP contribution in [0.4, 0.5) is 0 Å². The predicted octanol–water partition coefficient (Wildman–Crippen LogP) is 11.4. The Kier molecular flexibility index (Phi) is 10.7. The Labute approximate surface area is 217 Å². The van der Waals surface area contributed by atoms with E-state index in [-0.39, 0.29) is 0 Å². The van der Waals surface area contributed by atoms with Gasteiger partial charge in [0.05, 0.1) is 0 Å². The van der Waals surface area contributed by atoms with Crippen molar-refractivity contribution in [3.8, 4) is 0 Å². The molecule has 0 N–H and O–H groups in total. The average molecular weight is 483 g/mol. The molecule has 6 atom stereocenters. The maximum absolute atomic E-state index is 2.59. The van der Waals surface area contributed by atoms with Crippen molar-refractivity contribution >= 4 is 17.3 Å². The molecule has 2 aliphatic carbocycles. The molecule has 0 nitrogen and oxygen atoms in total. The van der Waals surface area contributed by atoms with E-state index < -0.39 is 0 Å². The molecule has 1 fully saturated rings. The highest BCUT2D eigenvalue weighted by atomic mass is 32.2. The molecule has 1 heteroatoms. The summed E-state index contributed by atoms with van der Waals surface area (Å²) in [5.74, 6) is 4.10. The summed E-state index contributed by atoms with van der Waals surface area (Å²) in [7, 11) is 0. The van der Waals surface area contributed by atoms with Gasteiger partial charge in [-0.05, 0) is 83.4 Å². The minimum Gasteiger partial charge on any atom is -0.126 e. The molecule has 1 saturated carbocycles. The first-order valence-electron chi connectivity index (χ1n) is 15.0. The lowest BCUT2D eigenvalue weighted by Crippen LogP contribution is -2.20. The number of unbranched alkanes of at least 4 members (excludes halogenated alkanes) is 3. The zero-order valence-electron chi connectivity index (χ0n) is 23.6. The largest absolute Gasteiger partial charge is 0.126 e. The van der Waals surface area contributed by atoms with E-state index in [0.29, 0.717) is 4.75 Å². The topological polar surface area (TPSA) is 0 Å². The van der Waals surface area contributed by atoms with E-state index in [9.17, 15) is 0 Å². The van der Waals surface area contributed by atoms with Crippen LogP contribution in [0.15, 0.2) is 23.6 Å². The van der Waals surface area contributed by atoms with Crippen LogP contribution in [0.3, 0.4) is 0 Å². The van der Waals surface area contributed by atoms with E-state index in [1.165, 1.54) is 77.0 Å². The van der Waals surface area contributed by atoms with Gasteiger partial charge in [0.2, 0.25) is 0 Å². The standard InChI is InChI=1S/C31H48S.C2H6/c1-6-8-9-10-12-22(3)13-17-26(11-7-2)31-20-30(31)29(21-32-31)25-16-18-27-23(4)14-15-24(5)28(27)19-25;1-2/h16,18-19,21-24,26,30H,6-15,17,20H2,1-5H3;1-2H3. The van der Waals surface area contributed by atoms with Crippen molar-refractivity contribution in [2.75, 3.05) is 0 Å². The summed E-state index contributed by atoms with van der Waals surface area (Å²) in [5.41, 5.74) is 6.49. The van der Waals surface area contributed by atoms with E-state index >= 15 is 0 Å². The Morgan fingerprint density at radius 2 is 1.62 bits per heavy atom. The smallest absolute Gasteiger partial charge is 0.0305 e. The van der Waals surface area contributed by atoms with Gasteiger partial charge in [-0.15, -0.1) is 11.8 Å². The van der Waals surface area contributed by atoms with Gasteiger partial charge in [-0.3, -0.25) is 0 Å². The number of thioether (sulfide) groups is 1. The lowest BCUT2D eigenvalue weighted by molar-refractivity contribution is 0.350. The molecule has 1 aromatic rings. The monoisotopic (exact) mass is 482 g/mol. The molecule has 0 amide bonds. The Morgan fingerprint density at radius 1 is 0.882 bits per heavy atom. The van der Waals surface area contributed by atoms with Crippen LogP contribution >= 0.6 is 11.8 Å². The number of allylic oxidation sites excluding steroid dienone is 1. The number of hydrogen-bond acceptors (Lipinski definition) is 1. The van der Waals surface area contributed by atoms with Gasteiger partial charge in [-0.1, -0.05) is 112 Å². The van der Waals surface area contributed by atoms with E-state index in [4.69, 9.17) is 0 Å². The van der Waals surface area contributed by atoms with Crippen LogP contribution in [0.25, 0.3) is 5.57 Å². The number of fused-ring (bicyclic) bond motifs is 2. The van der Waals surface area contributed by atoms with Crippen molar-refractivity contribution in [1.29, 1.82) is 0 Å². The first-order valence-corrected chi connectivity index (χ1v) is 15.9. The second-order valence-corrected chi connectivity index (χ2v) is 12.9. The van der Waals surface area contributed by atoms with Crippen molar-refractivity contribution in [3.05, 3.63) is 40.3 Å². The predicted molar refractivity (Wildman–Crippen MR) is 156 cm³/mol. The SMILES string of the molecule is CC.CCCCCCC(C)CCC(CCC)C12CC1C(c1ccc3c(c1)C(C)CCC3C)=CS2. The van der Waals surface area contributed by atoms with Crippen molar-refractivity contribution in [1.82, 2.24) is 0 Å². The molecule has 1 heterocycles. The summed E-state index contributed by atoms with van der Waals surface area (Å²) in [6.07, 6.45) is 16.9. The van der Waals surface area contributed by atoms with Gasteiger partial charge >= 0.3 is 0 Å². The van der Waals surface area contributed by atoms with Gasteiger partial charge in [0.15, 0.2) is 0 Å². The third-order valence-corrected chi connectivity index (χ3v) is 10.7. The second-order valence-electron chi connectivity index (χ2n) is 11.6. The van der Waals surface area contributed by atoms with Gasteiger partial charge in [-0.2, -0.15) is 0 Å². The molecule has 0 bridgehead atoms. The van der Waals surface area contributed by atoms with Crippen LogP contribution < -0.4 is 0 Å². The van der Waals surface area contributed by atoms with Crippen molar-refractivity contribution < 1.29 is 0 Å². The van der Waals surface area contributed by atoms with E-state index in [1.807, 2.05) is 13.8 Å². The molecule has 0 spiro atoms. The molecule has 1 aromatic carbocycles. The summed E-state index contributed by atoms with van der Waals surface area (Å²) in [6.45, 7) is 16.1. The minimum atomic E-state index is 0.544. The highest BCUT2D eigenvalue weighted by Gasteiger charge is 2.62. The fourth-order valence-corrected chi connectivity index (χ4v) is 8.44. The normalized spacial score (nSPS) is 28.8. The van der Waals surface area contributed by atoms with E-state index in [0.717, 1.165) is 29.6 Å². The molecular weight excluding hydrogens is 428 g/mol. The first kappa shape index (κ1) is 27.9. The summed E-state index contributed by atoms with van der Waals surface area (Å²) in [5, 5.41) is 2.57. The quantitative estimate of drug-likeness (QED) is 0.267. The van der Waals surface area contributed by atoms with Gasteiger partial charge < -0.3 is 0 Å². The van der Waals surface area contributed by atoms with Gasteiger partial charge in [-0.25, -0.2) is 0 Å². The minimum absolute atomic E-state index is 0.544. The molecule has 1 aliphatic heterocycles. The Balaban J connectivity index is 0.00000158.